The van der Waals surface area contributed by atoms with Crippen LogP contribution in [0.2, 0.25) is 5.02 Å². The molecule has 0 amide bonds. The molecule has 0 N–H and O–H groups in total. The van der Waals surface area contributed by atoms with Crippen molar-refractivity contribution in [2.24, 2.45) is 0 Å². The minimum atomic E-state index is 0.331. The third-order valence-electron chi connectivity index (χ3n) is 1.14. The van der Waals surface area contributed by atoms with Gasteiger partial charge in [0.05, 0.1) is 12.8 Å². The van der Waals surface area contributed by atoms with E-state index in [0.717, 1.165) is 0 Å². The number of hydrogen-bond acceptors (Lipinski definition) is 3. The van der Waals surface area contributed by atoms with E-state index in [9.17, 15) is 0 Å². The van der Waals surface area contributed by atoms with Gasteiger partial charge in [-0.3, -0.25) is 0 Å². The molecule has 0 fully saturated rings. The van der Waals surface area contributed by atoms with E-state index >= 15 is 0 Å². The van der Waals surface area contributed by atoms with E-state index in [4.69, 9.17) is 16.3 Å². The van der Waals surface area contributed by atoms with Crippen molar-refractivity contribution < 1.29 is 4.74 Å². The van der Waals surface area contributed by atoms with Gasteiger partial charge in [-0.25, -0.2) is 0 Å². The van der Waals surface area contributed by atoms with Crippen molar-refractivity contribution in [1.82, 2.24) is 10.2 Å². The lowest BCUT2D eigenvalue weighted by Gasteiger charge is -1.99. The van der Waals surface area contributed by atoms with Crippen LogP contribution in [0.4, 0.5) is 0 Å². The lowest BCUT2D eigenvalue weighted by atomic mass is 10.4. The fraction of sp³-hybridized carbons (Fsp3) is 0.143. The van der Waals surface area contributed by atoms with Gasteiger partial charge in [0.15, 0.2) is 0 Å². The summed E-state index contributed by atoms with van der Waals surface area (Å²) in [6, 6.07) is 1.64. The van der Waals surface area contributed by atoms with Crippen LogP contribution in [0.25, 0.3) is 6.08 Å². The Morgan fingerprint density at radius 2 is 2.36 bits per heavy atom. The molecule has 1 rings (SSSR count). The molecule has 58 valence electrons. The number of rotatable bonds is 2. The molecule has 0 aliphatic heterocycles. The van der Waals surface area contributed by atoms with Crippen molar-refractivity contribution in [3.8, 4) is 5.88 Å². The first-order valence-corrected chi connectivity index (χ1v) is 3.35. The van der Waals surface area contributed by atoms with Gasteiger partial charge in [-0.1, -0.05) is 18.2 Å². The summed E-state index contributed by atoms with van der Waals surface area (Å²) >= 11 is 5.73. The Balaban J connectivity index is 3.09. The molecule has 1 heterocycles. The predicted octanol–water partition coefficient (Wildman–Crippen LogP) is 1.78. The second kappa shape index (κ2) is 3.34. The normalized spacial score (nSPS) is 9.27. The Morgan fingerprint density at radius 1 is 1.64 bits per heavy atom. The second-order valence-electron chi connectivity index (χ2n) is 1.83. The lowest BCUT2D eigenvalue weighted by Crippen LogP contribution is -1.92. The van der Waals surface area contributed by atoms with Crippen LogP contribution in [-0.2, 0) is 0 Å². The van der Waals surface area contributed by atoms with Crippen molar-refractivity contribution in [2.45, 2.75) is 0 Å². The van der Waals surface area contributed by atoms with Crippen molar-refractivity contribution >= 4 is 17.7 Å². The van der Waals surface area contributed by atoms with Gasteiger partial charge in [-0.2, -0.15) is 0 Å². The van der Waals surface area contributed by atoms with Gasteiger partial charge in [-0.15, -0.1) is 10.2 Å². The van der Waals surface area contributed by atoms with Gasteiger partial charge in [0.1, 0.15) is 5.02 Å². The number of methoxy groups -OCH3 is 1. The molecule has 0 aliphatic carbocycles. The minimum absolute atomic E-state index is 0.331. The second-order valence-corrected chi connectivity index (χ2v) is 2.24. The molecule has 0 bridgehead atoms. The highest BCUT2D eigenvalue weighted by Crippen LogP contribution is 2.20. The highest BCUT2D eigenvalue weighted by molar-refractivity contribution is 6.31. The summed E-state index contributed by atoms with van der Waals surface area (Å²) in [6.45, 7) is 3.53. The summed E-state index contributed by atoms with van der Waals surface area (Å²) in [5.41, 5.74) is 0.635. The first kappa shape index (κ1) is 8.01. The van der Waals surface area contributed by atoms with Gasteiger partial charge in [-0.05, 0) is 12.1 Å². The number of aromatic nitrogens is 2. The fourth-order valence-corrected chi connectivity index (χ4v) is 0.836. The molecule has 0 spiro atoms. The monoisotopic (exact) mass is 170 g/mol. The molecule has 11 heavy (non-hydrogen) atoms. The summed E-state index contributed by atoms with van der Waals surface area (Å²) in [5.74, 6) is 0.331. The van der Waals surface area contributed by atoms with Gasteiger partial charge < -0.3 is 4.74 Å². The van der Waals surface area contributed by atoms with Crippen LogP contribution in [-0.4, -0.2) is 17.3 Å². The zero-order valence-electron chi connectivity index (χ0n) is 6.04. The molecule has 3 nitrogen and oxygen atoms in total. The molecule has 0 atom stereocenters. The lowest BCUT2D eigenvalue weighted by molar-refractivity contribution is 0.392. The average molecular weight is 171 g/mol. The van der Waals surface area contributed by atoms with Crippen molar-refractivity contribution in [1.29, 1.82) is 0 Å². The van der Waals surface area contributed by atoms with E-state index in [1.807, 2.05) is 0 Å². The predicted molar refractivity (Wildman–Crippen MR) is 43.7 cm³/mol. The van der Waals surface area contributed by atoms with Crippen LogP contribution in [0.5, 0.6) is 5.88 Å². The summed E-state index contributed by atoms with van der Waals surface area (Å²) in [5, 5.41) is 7.89. The van der Waals surface area contributed by atoms with Gasteiger partial charge in [0, 0.05) is 0 Å². The molecule has 0 unspecified atom stereocenters. The first-order valence-electron chi connectivity index (χ1n) is 2.97. The molecule has 0 radical (unpaired) electrons. The van der Waals surface area contributed by atoms with E-state index in [-0.39, 0.29) is 0 Å². The largest absolute Gasteiger partial charge is 0.479 e. The standard InChI is InChI=1S/C7H7ClN2O/c1-3-5-4-6(8)7(11-2)10-9-5/h3-4H,1H2,2H3. The van der Waals surface area contributed by atoms with Gasteiger partial charge in [0.2, 0.25) is 0 Å². The molecule has 0 saturated carbocycles. The maximum Gasteiger partial charge on any atom is 0.252 e. The minimum Gasteiger partial charge on any atom is -0.479 e. The molecule has 4 heteroatoms. The van der Waals surface area contributed by atoms with E-state index in [2.05, 4.69) is 16.8 Å². The quantitative estimate of drug-likeness (QED) is 0.679. The Bertz CT molecular complexity index is 275. The van der Waals surface area contributed by atoms with Crippen LogP contribution < -0.4 is 4.74 Å². The number of hydrogen-bond donors (Lipinski definition) is 0. The molecule has 0 aromatic carbocycles. The van der Waals surface area contributed by atoms with Crippen LogP contribution >= 0.6 is 11.6 Å². The molecule has 0 aliphatic rings. The van der Waals surface area contributed by atoms with Gasteiger partial charge >= 0.3 is 0 Å². The smallest absolute Gasteiger partial charge is 0.252 e. The van der Waals surface area contributed by atoms with Crippen LogP contribution in [0, 0.1) is 0 Å². The molecule has 0 saturated heterocycles. The zero-order valence-corrected chi connectivity index (χ0v) is 6.80. The Kier molecular flexibility index (Phi) is 2.44. The van der Waals surface area contributed by atoms with Crippen LogP contribution in [0.3, 0.4) is 0 Å². The zero-order chi connectivity index (χ0) is 8.27. The highest BCUT2D eigenvalue weighted by atomic mass is 35.5. The maximum absolute atomic E-state index is 5.73. The Morgan fingerprint density at radius 3 is 2.82 bits per heavy atom. The Hall–Kier alpha value is -1.09. The number of ether oxygens (including phenoxy) is 1. The van der Waals surface area contributed by atoms with E-state index in [0.29, 0.717) is 16.6 Å². The average Bonchev–Trinajstić information content (AvgIpc) is 2.04. The molecular formula is C7H7ClN2O. The summed E-state index contributed by atoms with van der Waals surface area (Å²) < 4.78 is 4.80. The topological polar surface area (TPSA) is 35.0 Å². The fourth-order valence-electron chi connectivity index (χ4n) is 0.609. The summed E-state index contributed by atoms with van der Waals surface area (Å²) in [4.78, 5) is 0. The maximum atomic E-state index is 5.73. The highest BCUT2D eigenvalue weighted by Gasteiger charge is 2.01. The van der Waals surface area contributed by atoms with Crippen molar-refractivity contribution in [3.63, 3.8) is 0 Å². The van der Waals surface area contributed by atoms with Crippen LogP contribution in [0.15, 0.2) is 12.6 Å². The van der Waals surface area contributed by atoms with E-state index < -0.39 is 0 Å². The number of halogens is 1. The van der Waals surface area contributed by atoms with Crippen LogP contribution in [0.1, 0.15) is 5.69 Å². The molecular weight excluding hydrogens is 164 g/mol. The van der Waals surface area contributed by atoms with Gasteiger partial charge in [0.25, 0.3) is 5.88 Å². The summed E-state index contributed by atoms with van der Waals surface area (Å²) in [7, 11) is 1.49. The first-order chi connectivity index (χ1) is 5.27. The SMILES string of the molecule is C=Cc1cc(Cl)c(OC)nn1. The van der Waals surface area contributed by atoms with Crippen molar-refractivity contribution in [3.05, 3.63) is 23.4 Å². The third kappa shape index (κ3) is 1.68. The van der Waals surface area contributed by atoms with E-state index in [1.54, 1.807) is 12.1 Å². The van der Waals surface area contributed by atoms with Crippen molar-refractivity contribution in [2.75, 3.05) is 7.11 Å². The molecule has 1 aromatic heterocycles. The third-order valence-corrected chi connectivity index (χ3v) is 1.41. The molecule has 1 aromatic rings. The Labute approximate surface area is 69.7 Å². The number of nitrogens with zero attached hydrogens (tertiary/aromatic N) is 2. The summed E-state index contributed by atoms with van der Waals surface area (Å²) in [6.07, 6.45) is 1.57. The van der Waals surface area contributed by atoms with E-state index in [1.165, 1.54) is 7.11 Å².